The third-order valence-electron chi connectivity index (χ3n) is 4.25. The first-order valence-electron chi connectivity index (χ1n) is 9.74. The summed E-state index contributed by atoms with van der Waals surface area (Å²) in [6, 6.07) is 17.5. The Bertz CT molecular complexity index is 1050. The normalized spacial score (nSPS) is 11.4. The largest absolute Gasteiger partial charge is 0.459 e. The van der Waals surface area contributed by atoms with E-state index in [1.807, 2.05) is 25.1 Å². The summed E-state index contributed by atoms with van der Waals surface area (Å²) in [5, 5.41) is 8.07. The van der Waals surface area contributed by atoms with Crippen LogP contribution in [-0.2, 0) is 9.59 Å². The van der Waals surface area contributed by atoms with Crippen molar-refractivity contribution in [3.05, 3.63) is 72.7 Å². The molecule has 1 unspecified atom stereocenters. The number of carbonyl (C=O) groups is 3. The molecule has 0 saturated carbocycles. The lowest BCUT2D eigenvalue weighted by atomic mass is 10.2. The number of anilines is 3. The van der Waals surface area contributed by atoms with Gasteiger partial charge in [0.1, 0.15) is 0 Å². The lowest BCUT2D eigenvalue weighted by molar-refractivity contribution is -0.116. The second-order valence-electron chi connectivity index (χ2n) is 6.72. The third kappa shape index (κ3) is 6.48. The predicted octanol–water partition coefficient (Wildman–Crippen LogP) is 5.00. The number of hydrogen-bond donors (Lipinski definition) is 3. The predicted molar refractivity (Wildman–Crippen MR) is 122 cm³/mol. The van der Waals surface area contributed by atoms with Gasteiger partial charge in [-0.1, -0.05) is 13.0 Å². The first-order valence-corrected chi connectivity index (χ1v) is 10.6. The Morgan fingerprint density at radius 2 is 1.61 bits per heavy atom. The van der Waals surface area contributed by atoms with Gasteiger partial charge in [0.25, 0.3) is 5.91 Å². The maximum atomic E-state index is 12.7. The van der Waals surface area contributed by atoms with Gasteiger partial charge in [-0.25, -0.2) is 0 Å². The highest BCUT2D eigenvalue weighted by atomic mass is 32.2. The fraction of sp³-hybridized carbons (Fsp3) is 0.174. The summed E-state index contributed by atoms with van der Waals surface area (Å²) >= 11 is 1.42. The maximum absolute atomic E-state index is 12.7. The van der Waals surface area contributed by atoms with Crippen LogP contribution in [0.3, 0.4) is 0 Å². The monoisotopic (exact) mass is 437 g/mol. The summed E-state index contributed by atoms with van der Waals surface area (Å²) in [6.07, 6.45) is 2.07. The van der Waals surface area contributed by atoms with Crippen LogP contribution in [0, 0.1) is 0 Å². The van der Waals surface area contributed by atoms with E-state index in [9.17, 15) is 14.4 Å². The molecule has 3 amide bonds. The number of thioether (sulfide) groups is 1. The molecule has 0 aliphatic rings. The van der Waals surface area contributed by atoms with E-state index in [-0.39, 0.29) is 28.7 Å². The summed E-state index contributed by atoms with van der Waals surface area (Å²) in [7, 11) is 0. The molecule has 0 spiro atoms. The van der Waals surface area contributed by atoms with Gasteiger partial charge < -0.3 is 20.4 Å². The van der Waals surface area contributed by atoms with Gasteiger partial charge >= 0.3 is 0 Å². The fourth-order valence-electron chi connectivity index (χ4n) is 2.80. The number of rotatable bonds is 8. The minimum Gasteiger partial charge on any atom is -0.459 e. The number of amides is 3. The van der Waals surface area contributed by atoms with E-state index in [0.29, 0.717) is 23.5 Å². The number of hydrogen-bond acceptors (Lipinski definition) is 5. The van der Waals surface area contributed by atoms with Crippen molar-refractivity contribution in [2.45, 2.75) is 30.4 Å². The van der Waals surface area contributed by atoms with Gasteiger partial charge in [0.15, 0.2) is 5.76 Å². The van der Waals surface area contributed by atoms with Crippen molar-refractivity contribution in [2.75, 3.05) is 16.0 Å². The van der Waals surface area contributed by atoms with Crippen LogP contribution in [0.1, 0.15) is 30.8 Å². The molecule has 31 heavy (non-hydrogen) atoms. The molecule has 1 heterocycles. The van der Waals surface area contributed by atoms with Gasteiger partial charge in [-0.15, -0.1) is 11.8 Å². The van der Waals surface area contributed by atoms with E-state index in [2.05, 4.69) is 16.0 Å². The molecule has 2 aromatic carbocycles. The molecule has 3 aromatic rings. The van der Waals surface area contributed by atoms with Gasteiger partial charge in [-0.3, -0.25) is 14.4 Å². The smallest absolute Gasteiger partial charge is 0.291 e. The van der Waals surface area contributed by atoms with Crippen LogP contribution in [0.2, 0.25) is 0 Å². The Morgan fingerprint density at radius 1 is 0.903 bits per heavy atom. The lowest BCUT2D eigenvalue weighted by Gasteiger charge is -2.15. The van der Waals surface area contributed by atoms with Crippen molar-refractivity contribution in [2.24, 2.45) is 0 Å². The van der Waals surface area contributed by atoms with Crippen LogP contribution >= 0.6 is 11.8 Å². The van der Waals surface area contributed by atoms with Crippen LogP contribution in [0.25, 0.3) is 0 Å². The minimum atomic E-state index is -0.334. The fourth-order valence-corrected chi connectivity index (χ4v) is 3.81. The Balaban J connectivity index is 1.61. The molecule has 0 bridgehead atoms. The topological polar surface area (TPSA) is 100 Å². The molecule has 7 nitrogen and oxygen atoms in total. The van der Waals surface area contributed by atoms with E-state index in [1.165, 1.54) is 24.9 Å². The van der Waals surface area contributed by atoms with E-state index >= 15 is 0 Å². The number of benzene rings is 2. The van der Waals surface area contributed by atoms with Crippen molar-refractivity contribution in [3.63, 3.8) is 0 Å². The van der Waals surface area contributed by atoms with Crippen LogP contribution < -0.4 is 16.0 Å². The number of furan rings is 1. The standard InChI is InChI=1S/C23H23N3O4S/c1-3-21(23(29)25-17-11-9-16(10-12-17)24-15(2)27)31-19-7-4-6-18(14-19)26-22(28)20-8-5-13-30-20/h4-14,21H,3H2,1-2H3,(H,24,27)(H,25,29)(H,26,28). The zero-order chi connectivity index (χ0) is 22.2. The summed E-state index contributed by atoms with van der Waals surface area (Å²) in [5.41, 5.74) is 1.94. The van der Waals surface area contributed by atoms with Crippen molar-refractivity contribution in [3.8, 4) is 0 Å². The second kappa shape index (κ2) is 10.5. The highest BCUT2D eigenvalue weighted by Crippen LogP contribution is 2.29. The highest BCUT2D eigenvalue weighted by molar-refractivity contribution is 8.00. The molecule has 0 aliphatic carbocycles. The van der Waals surface area contributed by atoms with Gasteiger partial charge in [0.05, 0.1) is 11.5 Å². The molecule has 3 rings (SSSR count). The maximum Gasteiger partial charge on any atom is 0.291 e. The number of nitrogens with one attached hydrogen (secondary N) is 3. The van der Waals surface area contributed by atoms with Crippen molar-refractivity contribution < 1.29 is 18.8 Å². The first kappa shape index (κ1) is 22.2. The Morgan fingerprint density at radius 3 is 2.23 bits per heavy atom. The van der Waals surface area contributed by atoms with Crippen LogP contribution in [0.4, 0.5) is 17.1 Å². The van der Waals surface area contributed by atoms with E-state index in [0.717, 1.165) is 4.90 Å². The lowest BCUT2D eigenvalue weighted by Crippen LogP contribution is -2.24. The second-order valence-corrected chi connectivity index (χ2v) is 8.00. The summed E-state index contributed by atoms with van der Waals surface area (Å²) < 4.78 is 5.10. The average Bonchev–Trinajstić information content (AvgIpc) is 3.28. The Hall–Kier alpha value is -3.52. The van der Waals surface area contributed by atoms with Gasteiger partial charge in [-0.05, 0) is 61.0 Å². The first-order chi connectivity index (χ1) is 14.9. The van der Waals surface area contributed by atoms with Gasteiger partial charge in [0.2, 0.25) is 11.8 Å². The minimum absolute atomic E-state index is 0.121. The molecule has 0 saturated heterocycles. The average molecular weight is 438 g/mol. The molecule has 0 fully saturated rings. The van der Waals surface area contributed by atoms with Crippen LogP contribution in [0.5, 0.6) is 0 Å². The van der Waals surface area contributed by atoms with Gasteiger partial charge in [-0.2, -0.15) is 0 Å². The zero-order valence-electron chi connectivity index (χ0n) is 17.2. The van der Waals surface area contributed by atoms with E-state index in [1.54, 1.807) is 42.5 Å². The SMILES string of the molecule is CCC(Sc1cccc(NC(=O)c2ccco2)c1)C(=O)Nc1ccc(NC(C)=O)cc1. The summed E-state index contributed by atoms with van der Waals surface area (Å²) in [4.78, 5) is 36.9. The third-order valence-corrected chi connectivity index (χ3v) is 5.61. The molecule has 8 heteroatoms. The van der Waals surface area contributed by atoms with Crippen LogP contribution in [-0.4, -0.2) is 23.0 Å². The highest BCUT2D eigenvalue weighted by Gasteiger charge is 2.18. The summed E-state index contributed by atoms with van der Waals surface area (Å²) in [5.74, 6) is -0.375. The molecular formula is C23H23N3O4S. The molecule has 1 aromatic heterocycles. The molecule has 0 radical (unpaired) electrons. The van der Waals surface area contributed by atoms with E-state index in [4.69, 9.17) is 4.42 Å². The Labute approximate surface area is 184 Å². The van der Waals surface area contributed by atoms with Crippen LogP contribution in [0.15, 0.2) is 76.2 Å². The number of carbonyl (C=O) groups excluding carboxylic acids is 3. The molecule has 160 valence electrons. The summed E-state index contributed by atoms with van der Waals surface area (Å²) in [6.45, 7) is 3.38. The molecule has 1 atom stereocenters. The van der Waals surface area contributed by atoms with Crippen molar-refractivity contribution in [1.82, 2.24) is 0 Å². The van der Waals surface area contributed by atoms with Crippen molar-refractivity contribution >= 4 is 46.5 Å². The molecule has 3 N–H and O–H groups in total. The van der Waals surface area contributed by atoms with E-state index < -0.39 is 0 Å². The quantitative estimate of drug-likeness (QED) is 0.431. The van der Waals surface area contributed by atoms with Crippen molar-refractivity contribution in [1.29, 1.82) is 0 Å². The zero-order valence-corrected chi connectivity index (χ0v) is 18.0. The molecular weight excluding hydrogens is 414 g/mol. The Kier molecular flexibility index (Phi) is 7.50. The van der Waals surface area contributed by atoms with Gasteiger partial charge in [0, 0.05) is 28.9 Å². The molecule has 0 aliphatic heterocycles.